The molecular weight excluding hydrogens is 332 g/mol. The van der Waals surface area contributed by atoms with Crippen LogP contribution in [0.4, 0.5) is 0 Å². The Balaban J connectivity index is 2.13. The maximum atomic E-state index is 12.9. The highest BCUT2D eigenvalue weighted by atomic mass is 16.5. The SMILES string of the molecule is CCC(=O)N1CCC[C@H](C(=O)N[C@H](c2ccccc2)[C@@H](C)C(=O)OC)C1. The van der Waals surface area contributed by atoms with Crippen molar-refractivity contribution in [1.29, 1.82) is 0 Å². The van der Waals surface area contributed by atoms with Crippen molar-refractivity contribution in [3.63, 3.8) is 0 Å². The third kappa shape index (κ3) is 4.84. The number of rotatable bonds is 6. The van der Waals surface area contributed by atoms with E-state index < -0.39 is 12.0 Å². The quantitative estimate of drug-likeness (QED) is 0.790. The molecule has 0 radical (unpaired) electrons. The van der Waals surface area contributed by atoms with Gasteiger partial charge in [-0.3, -0.25) is 14.4 Å². The van der Waals surface area contributed by atoms with Crippen LogP contribution in [0.2, 0.25) is 0 Å². The van der Waals surface area contributed by atoms with Gasteiger partial charge in [0.1, 0.15) is 0 Å². The Labute approximate surface area is 154 Å². The molecule has 2 rings (SSSR count). The first kappa shape index (κ1) is 19.9. The van der Waals surface area contributed by atoms with Gasteiger partial charge in [0.05, 0.1) is 25.0 Å². The molecule has 142 valence electrons. The minimum Gasteiger partial charge on any atom is -0.469 e. The van der Waals surface area contributed by atoms with E-state index in [1.165, 1.54) is 7.11 Å². The summed E-state index contributed by atoms with van der Waals surface area (Å²) in [4.78, 5) is 38.6. The molecule has 1 N–H and O–H groups in total. The van der Waals surface area contributed by atoms with E-state index in [-0.39, 0.29) is 23.7 Å². The van der Waals surface area contributed by atoms with E-state index in [2.05, 4.69) is 5.32 Å². The van der Waals surface area contributed by atoms with Gasteiger partial charge in [0, 0.05) is 19.5 Å². The zero-order valence-corrected chi connectivity index (χ0v) is 15.7. The third-order valence-corrected chi connectivity index (χ3v) is 4.98. The Morgan fingerprint density at radius 3 is 2.58 bits per heavy atom. The first-order valence-electron chi connectivity index (χ1n) is 9.18. The van der Waals surface area contributed by atoms with E-state index in [0.29, 0.717) is 19.5 Å². The molecule has 6 heteroatoms. The number of likely N-dealkylation sites (tertiary alicyclic amines) is 1. The summed E-state index contributed by atoms with van der Waals surface area (Å²) in [5.74, 6) is -1.18. The zero-order valence-electron chi connectivity index (χ0n) is 15.7. The van der Waals surface area contributed by atoms with E-state index in [0.717, 1.165) is 18.4 Å². The number of nitrogens with one attached hydrogen (secondary N) is 1. The lowest BCUT2D eigenvalue weighted by atomic mass is 9.92. The fourth-order valence-corrected chi connectivity index (χ4v) is 3.39. The summed E-state index contributed by atoms with van der Waals surface area (Å²) < 4.78 is 4.86. The summed E-state index contributed by atoms with van der Waals surface area (Å²) in [7, 11) is 1.35. The van der Waals surface area contributed by atoms with Crippen molar-refractivity contribution >= 4 is 17.8 Å². The van der Waals surface area contributed by atoms with Crippen molar-refractivity contribution in [1.82, 2.24) is 10.2 Å². The van der Waals surface area contributed by atoms with Crippen LogP contribution in [0.25, 0.3) is 0 Å². The van der Waals surface area contributed by atoms with Crippen LogP contribution in [-0.2, 0) is 19.1 Å². The van der Waals surface area contributed by atoms with Gasteiger partial charge in [-0.2, -0.15) is 0 Å². The highest BCUT2D eigenvalue weighted by Gasteiger charge is 2.32. The molecular formula is C20H28N2O4. The number of hydrogen-bond acceptors (Lipinski definition) is 4. The number of nitrogens with zero attached hydrogens (tertiary/aromatic N) is 1. The first-order valence-corrected chi connectivity index (χ1v) is 9.18. The van der Waals surface area contributed by atoms with E-state index in [1.807, 2.05) is 37.3 Å². The van der Waals surface area contributed by atoms with Crippen LogP contribution in [0.15, 0.2) is 30.3 Å². The van der Waals surface area contributed by atoms with Crippen LogP contribution in [0.5, 0.6) is 0 Å². The highest BCUT2D eigenvalue weighted by molar-refractivity contribution is 5.82. The zero-order chi connectivity index (χ0) is 19.1. The largest absolute Gasteiger partial charge is 0.469 e. The van der Waals surface area contributed by atoms with Crippen LogP contribution in [-0.4, -0.2) is 42.9 Å². The molecule has 0 aromatic heterocycles. The second-order valence-corrected chi connectivity index (χ2v) is 6.74. The fraction of sp³-hybridized carbons (Fsp3) is 0.550. The lowest BCUT2D eigenvalue weighted by Crippen LogP contribution is -2.47. The Kier molecular flexibility index (Phi) is 7.18. The summed E-state index contributed by atoms with van der Waals surface area (Å²) in [6.45, 7) is 4.72. The van der Waals surface area contributed by atoms with Gasteiger partial charge in [0.2, 0.25) is 11.8 Å². The second kappa shape index (κ2) is 9.36. The number of ether oxygens (including phenoxy) is 1. The number of piperidine rings is 1. The monoisotopic (exact) mass is 360 g/mol. The molecule has 0 unspecified atom stereocenters. The van der Waals surface area contributed by atoms with Crippen molar-refractivity contribution in [2.45, 2.75) is 39.2 Å². The van der Waals surface area contributed by atoms with Gasteiger partial charge < -0.3 is 15.0 Å². The van der Waals surface area contributed by atoms with Crippen molar-refractivity contribution < 1.29 is 19.1 Å². The molecule has 2 amide bonds. The lowest BCUT2D eigenvalue weighted by molar-refractivity contribution is -0.146. The number of esters is 1. The predicted octanol–water partition coefficient (Wildman–Crippen LogP) is 2.30. The molecule has 1 aliphatic heterocycles. The summed E-state index contributed by atoms with van der Waals surface area (Å²) in [5, 5.41) is 3.02. The highest BCUT2D eigenvalue weighted by Crippen LogP contribution is 2.25. The van der Waals surface area contributed by atoms with Gasteiger partial charge >= 0.3 is 5.97 Å². The maximum Gasteiger partial charge on any atom is 0.310 e. The first-order chi connectivity index (χ1) is 12.5. The molecule has 1 aromatic rings. The van der Waals surface area contributed by atoms with Crippen molar-refractivity contribution in [2.75, 3.05) is 20.2 Å². The molecule has 0 aliphatic carbocycles. The molecule has 0 bridgehead atoms. The summed E-state index contributed by atoms with van der Waals surface area (Å²) in [6, 6.07) is 8.95. The minimum absolute atomic E-state index is 0.0741. The molecule has 6 nitrogen and oxygen atoms in total. The second-order valence-electron chi connectivity index (χ2n) is 6.74. The van der Waals surface area contributed by atoms with Crippen LogP contribution >= 0.6 is 0 Å². The standard InChI is InChI=1S/C20H28N2O4/c1-4-17(23)22-12-8-11-16(13-22)19(24)21-18(14(2)20(25)26-3)15-9-6-5-7-10-15/h5-7,9-10,14,16,18H,4,8,11-13H2,1-3H3,(H,21,24)/t14-,16+,18+/m1/s1. The molecule has 0 spiro atoms. The molecule has 1 aliphatic rings. The van der Waals surface area contributed by atoms with Gasteiger partial charge in [-0.25, -0.2) is 0 Å². The molecule has 1 heterocycles. The smallest absolute Gasteiger partial charge is 0.310 e. The van der Waals surface area contributed by atoms with Crippen LogP contribution in [0.3, 0.4) is 0 Å². The Bertz CT molecular complexity index is 632. The van der Waals surface area contributed by atoms with Crippen molar-refractivity contribution in [2.24, 2.45) is 11.8 Å². The Morgan fingerprint density at radius 1 is 1.27 bits per heavy atom. The van der Waals surface area contributed by atoms with Gasteiger partial charge in [0.15, 0.2) is 0 Å². The molecule has 3 atom stereocenters. The fourth-order valence-electron chi connectivity index (χ4n) is 3.39. The molecule has 0 saturated carbocycles. The topological polar surface area (TPSA) is 75.7 Å². The molecule has 1 fully saturated rings. The van der Waals surface area contributed by atoms with Crippen molar-refractivity contribution in [3.8, 4) is 0 Å². The number of carbonyl (C=O) groups excluding carboxylic acids is 3. The van der Waals surface area contributed by atoms with Gasteiger partial charge in [0.25, 0.3) is 0 Å². The van der Waals surface area contributed by atoms with Gasteiger partial charge in [-0.1, -0.05) is 37.3 Å². The van der Waals surface area contributed by atoms with Crippen LogP contribution < -0.4 is 5.32 Å². The van der Waals surface area contributed by atoms with E-state index in [1.54, 1.807) is 11.8 Å². The van der Waals surface area contributed by atoms with E-state index >= 15 is 0 Å². The average Bonchev–Trinajstić information content (AvgIpc) is 2.70. The third-order valence-electron chi connectivity index (χ3n) is 4.98. The number of benzene rings is 1. The Morgan fingerprint density at radius 2 is 1.96 bits per heavy atom. The molecule has 26 heavy (non-hydrogen) atoms. The van der Waals surface area contributed by atoms with Crippen molar-refractivity contribution in [3.05, 3.63) is 35.9 Å². The van der Waals surface area contributed by atoms with E-state index in [4.69, 9.17) is 4.74 Å². The molecule has 1 aromatic carbocycles. The number of amides is 2. The van der Waals surface area contributed by atoms with E-state index in [9.17, 15) is 14.4 Å². The average molecular weight is 360 g/mol. The normalized spacial score (nSPS) is 19.3. The van der Waals surface area contributed by atoms with Crippen LogP contribution in [0.1, 0.15) is 44.7 Å². The predicted molar refractivity (Wildman–Crippen MR) is 98.1 cm³/mol. The summed E-state index contributed by atoms with van der Waals surface area (Å²) in [6.07, 6.45) is 2.00. The summed E-state index contributed by atoms with van der Waals surface area (Å²) >= 11 is 0. The van der Waals surface area contributed by atoms with Gasteiger partial charge in [-0.05, 0) is 25.3 Å². The van der Waals surface area contributed by atoms with Gasteiger partial charge in [-0.15, -0.1) is 0 Å². The number of hydrogen-bond donors (Lipinski definition) is 1. The maximum absolute atomic E-state index is 12.9. The number of methoxy groups -OCH3 is 1. The lowest BCUT2D eigenvalue weighted by Gasteiger charge is -2.33. The number of carbonyl (C=O) groups is 3. The molecule has 1 saturated heterocycles. The van der Waals surface area contributed by atoms with Crippen LogP contribution in [0, 0.1) is 11.8 Å². The summed E-state index contributed by atoms with van der Waals surface area (Å²) in [5.41, 5.74) is 0.857. The minimum atomic E-state index is -0.511. The Hall–Kier alpha value is -2.37.